The van der Waals surface area contributed by atoms with Crippen molar-refractivity contribution >= 4 is 12.0 Å². The normalized spacial score (nSPS) is 19.2. The van der Waals surface area contributed by atoms with E-state index < -0.39 is 12.0 Å². The minimum absolute atomic E-state index is 0.107. The molecule has 2 atom stereocenters. The maximum Gasteiger partial charge on any atom is 0.326 e. The number of carbonyl (C=O) groups excluding carboxylic acids is 1. The zero-order chi connectivity index (χ0) is 14.4. The van der Waals surface area contributed by atoms with Crippen molar-refractivity contribution in [3.8, 4) is 0 Å². The molecule has 3 N–H and O–H groups in total. The number of urea groups is 1. The van der Waals surface area contributed by atoms with Crippen molar-refractivity contribution in [3.05, 3.63) is 0 Å². The molecule has 110 valence electrons. The molecule has 1 aliphatic carbocycles. The second-order valence-corrected chi connectivity index (χ2v) is 5.97. The molecule has 1 rings (SSSR count). The van der Waals surface area contributed by atoms with Crippen LogP contribution in [0.3, 0.4) is 0 Å². The van der Waals surface area contributed by atoms with E-state index >= 15 is 0 Å². The molecule has 5 nitrogen and oxygen atoms in total. The fourth-order valence-electron chi connectivity index (χ4n) is 2.67. The molecule has 0 saturated heterocycles. The highest BCUT2D eigenvalue weighted by molar-refractivity contribution is 5.82. The predicted octanol–water partition coefficient (Wildman–Crippen LogP) is 2.36. The number of carboxylic acids is 1. The topological polar surface area (TPSA) is 78.4 Å². The van der Waals surface area contributed by atoms with Gasteiger partial charge in [-0.3, -0.25) is 0 Å². The second-order valence-electron chi connectivity index (χ2n) is 5.97. The van der Waals surface area contributed by atoms with Crippen LogP contribution >= 0.6 is 0 Å². The average Bonchev–Trinajstić information content (AvgIpc) is 2.80. The van der Waals surface area contributed by atoms with Gasteiger partial charge in [0.1, 0.15) is 6.04 Å². The van der Waals surface area contributed by atoms with Crippen LogP contribution in [0.4, 0.5) is 4.79 Å². The molecule has 1 saturated carbocycles. The van der Waals surface area contributed by atoms with E-state index in [2.05, 4.69) is 10.6 Å². The van der Waals surface area contributed by atoms with E-state index in [-0.39, 0.29) is 18.0 Å². The van der Waals surface area contributed by atoms with Gasteiger partial charge in [-0.15, -0.1) is 0 Å². The maximum absolute atomic E-state index is 11.8. The van der Waals surface area contributed by atoms with Crippen LogP contribution in [0.25, 0.3) is 0 Å². The lowest BCUT2D eigenvalue weighted by Gasteiger charge is -2.23. The summed E-state index contributed by atoms with van der Waals surface area (Å²) in [4.78, 5) is 22.9. The van der Waals surface area contributed by atoms with Crippen LogP contribution in [-0.2, 0) is 4.79 Å². The van der Waals surface area contributed by atoms with E-state index in [1.807, 2.05) is 20.8 Å². The van der Waals surface area contributed by atoms with Crippen LogP contribution in [0, 0.1) is 11.8 Å². The van der Waals surface area contributed by atoms with Crippen molar-refractivity contribution in [1.29, 1.82) is 0 Å². The molecule has 0 aromatic heterocycles. The summed E-state index contributed by atoms with van der Waals surface area (Å²) in [5.74, 6) is -0.217. The number of nitrogens with one attached hydrogen (secondary N) is 2. The zero-order valence-electron chi connectivity index (χ0n) is 12.1. The lowest BCUT2D eigenvalue weighted by Crippen LogP contribution is -2.50. The van der Waals surface area contributed by atoms with Crippen molar-refractivity contribution in [2.75, 3.05) is 0 Å². The van der Waals surface area contributed by atoms with Gasteiger partial charge in [-0.25, -0.2) is 9.59 Å². The lowest BCUT2D eigenvalue weighted by atomic mass is 10.00. The van der Waals surface area contributed by atoms with Gasteiger partial charge in [0.15, 0.2) is 0 Å². The Kier molecular flexibility index (Phi) is 6.12. The molecule has 0 bridgehead atoms. The Morgan fingerprint density at radius 2 is 1.74 bits per heavy atom. The smallest absolute Gasteiger partial charge is 0.326 e. The summed E-state index contributed by atoms with van der Waals surface area (Å²) in [6.07, 6.45) is 5.19. The number of hydrogen-bond acceptors (Lipinski definition) is 2. The van der Waals surface area contributed by atoms with Crippen LogP contribution in [0.15, 0.2) is 0 Å². The Bertz CT molecular complexity index is 312. The minimum Gasteiger partial charge on any atom is -0.480 e. The van der Waals surface area contributed by atoms with Gasteiger partial charge >= 0.3 is 12.0 Å². The number of aliphatic carboxylic acids is 1. The third-order valence-electron chi connectivity index (χ3n) is 3.78. The van der Waals surface area contributed by atoms with E-state index in [4.69, 9.17) is 5.11 Å². The molecule has 2 amide bonds. The quantitative estimate of drug-likeness (QED) is 0.693. The molecule has 0 aromatic carbocycles. The van der Waals surface area contributed by atoms with Crippen molar-refractivity contribution in [2.45, 2.75) is 65.0 Å². The van der Waals surface area contributed by atoms with Gasteiger partial charge in [0.2, 0.25) is 0 Å². The first-order valence-corrected chi connectivity index (χ1v) is 7.20. The molecule has 0 spiro atoms. The first kappa shape index (κ1) is 15.8. The Labute approximate surface area is 115 Å². The fourth-order valence-corrected chi connectivity index (χ4v) is 2.67. The summed E-state index contributed by atoms with van der Waals surface area (Å²) in [7, 11) is 0. The first-order valence-electron chi connectivity index (χ1n) is 7.20. The van der Waals surface area contributed by atoms with Crippen LogP contribution in [0.5, 0.6) is 0 Å². The zero-order valence-corrected chi connectivity index (χ0v) is 12.1. The number of hydrogen-bond donors (Lipinski definition) is 3. The molecule has 0 heterocycles. The van der Waals surface area contributed by atoms with Crippen LogP contribution in [0.1, 0.15) is 52.9 Å². The van der Waals surface area contributed by atoms with Crippen molar-refractivity contribution < 1.29 is 14.7 Å². The SMILES string of the molecule is CC(C)C[C@@H](NC(=O)NC(C)C1CCCC1)C(=O)O. The van der Waals surface area contributed by atoms with Gasteiger partial charge in [0, 0.05) is 6.04 Å². The molecule has 0 aromatic rings. The van der Waals surface area contributed by atoms with Crippen molar-refractivity contribution in [1.82, 2.24) is 10.6 Å². The average molecular weight is 270 g/mol. The first-order chi connectivity index (χ1) is 8.90. The third-order valence-corrected chi connectivity index (χ3v) is 3.78. The van der Waals surface area contributed by atoms with Crippen LogP contribution < -0.4 is 10.6 Å². The van der Waals surface area contributed by atoms with Gasteiger partial charge in [0.05, 0.1) is 0 Å². The number of amides is 2. The molecule has 0 radical (unpaired) electrons. The van der Waals surface area contributed by atoms with Crippen LogP contribution in [0.2, 0.25) is 0 Å². The van der Waals surface area contributed by atoms with Gasteiger partial charge in [0.25, 0.3) is 0 Å². The largest absolute Gasteiger partial charge is 0.480 e. The fraction of sp³-hybridized carbons (Fsp3) is 0.857. The van der Waals surface area contributed by atoms with E-state index in [1.54, 1.807) is 0 Å². The molecule has 1 unspecified atom stereocenters. The number of carbonyl (C=O) groups is 2. The monoisotopic (exact) mass is 270 g/mol. The molecule has 1 aliphatic rings. The molecule has 0 aliphatic heterocycles. The van der Waals surface area contributed by atoms with Crippen molar-refractivity contribution in [3.63, 3.8) is 0 Å². The van der Waals surface area contributed by atoms with Gasteiger partial charge in [-0.1, -0.05) is 26.7 Å². The van der Waals surface area contributed by atoms with Gasteiger partial charge < -0.3 is 15.7 Å². The van der Waals surface area contributed by atoms with E-state index in [0.29, 0.717) is 12.3 Å². The Morgan fingerprint density at radius 1 is 1.16 bits per heavy atom. The number of carboxylic acid groups (broad SMARTS) is 1. The van der Waals surface area contributed by atoms with Gasteiger partial charge in [-0.2, -0.15) is 0 Å². The minimum atomic E-state index is -0.975. The Hall–Kier alpha value is -1.26. The van der Waals surface area contributed by atoms with E-state index in [9.17, 15) is 9.59 Å². The molecule has 1 fully saturated rings. The third kappa shape index (κ3) is 5.49. The summed E-state index contributed by atoms with van der Waals surface area (Å²) >= 11 is 0. The lowest BCUT2D eigenvalue weighted by molar-refractivity contribution is -0.139. The highest BCUT2D eigenvalue weighted by atomic mass is 16.4. The summed E-state index contributed by atoms with van der Waals surface area (Å²) in [5, 5.41) is 14.5. The number of rotatable bonds is 6. The summed E-state index contributed by atoms with van der Waals surface area (Å²) in [5.41, 5.74) is 0. The second kappa shape index (κ2) is 7.36. The van der Waals surface area contributed by atoms with E-state index in [0.717, 1.165) is 12.8 Å². The van der Waals surface area contributed by atoms with Gasteiger partial charge in [-0.05, 0) is 38.0 Å². The highest BCUT2D eigenvalue weighted by Crippen LogP contribution is 2.27. The maximum atomic E-state index is 11.8. The highest BCUT2D eigenvalue weighted by Gasteiger charge is 2.25. The summed E-state index contributed by atoms with van der Waals surface area (Å²) in [6.45, 7) is 5.88. The molecular formula is C14H26N2O3. The molecular weight excluding hydrogens is 244 g/mol. The Balaban J connectivity index is 2.41. The Morgan fingerprint density at radius 3 is 2.21 bits per heavy atom. The standard InChI is InChI=1S/C14H26N2O3/c1-9(2)8-12(13(17)18)16-14(19)15-10(3)11-6-4-5-7-11/h9-12H,4-8H2,1-3H3,(H,17,18)(H2,15,16,19)/t10?,12-/m1/s1. The van der Waals surface area contributed by atoms with E-state index in [1.165, 1.54) is 12.8 Å². The molecule has 5 heteroatoms. The predicted molar refractivity (Wildman–Crippen MR) is 74.0 cm³/mol. The summed E-state index contributed by atoms with van der Waals surface area (Å²) < 4.78 is 0. The molecule has 19 heavy (non-hydrogen) atoms. The summed E-state index contributed by atoms with van der Waals surface area (Å²) in [6, 6.07) is -1.07. The van der Waals surface area contributed by atoms with Crippen molar-refractivity contribution in [2.24, 2.45) is 11.8 Å². The van der Waals surface area contributed by atoms with Crippen LogP contribution in [-0.4, -0.2) is 29.2 Å².